The number of ether oxygens (including phenoxy) is 1. The van der Waals surface area contributed by atoms with E-state index in [4.69, 9.17) is 22.7 Å². The first-order valence-corrected chi connectivity index (χ1v) is 5.55. The molecular formula is C11H12N4OS. The van der Waals surface area contributed by atoms with E-state index in [0.717, 1.165) is 11.4 Å². The summed E-state index contributed by atoms with van der Waals surface area (Å²) in [7, 11) is 0. The largest absolute Gasteiger partial charge is 0.491 e. The maximum absolute atomic E-state index is 5.53. The number of aromatic nitrogens is 3. The summed E-state index contributed by atoms with van der Waals surface area (Å²) in [5.74, 6) is 0.723. The molecule has 0 saturated heterocycles. The molecule has 17 heavy (non-hydrogen) atoms. The smallest absolute Gasteiger partial charge is 0.157 e. The van der Waals surface area contributed by atoms with Gasteiger partial charge in [-0.05, 0) is 19.1 Å². The number of rotatable bonds is 4. The third-order valence-electron chi connectivity index (χ3n) is 2.13. The van der Waals surface area contributed by atoms with Gasteiger partial charge in [0.15, 0.2) is 5.75 Å². The van der Waals surface area contributed by atoms with Crippen LogP contribution in [0.25, 0.3) is 5.69 Å². The van der Waals surface area contributed by atoms with Crippen LogP contribution in [0.4, 0.5) is 0 Å². The van der Waals surface area contributed by atoms with E-state index in [9.17, 15) is 0 Å². The fourth-order valence-electron chi connectivity index (χ4n) is 1.39. The first-order valence-electron chi connectivity index (χ1n) is 5.14. The predicted molar refractivity (Wildman–Crippen MR) is 68.4 cm³/mol. The highest BCUT2D eigenvalue weighted by atomic mass is 32.1. The Labute approximate surface area is 104 Å². The van der Waals surface area contributed by atoms with E-state index < -0.39 is 0 Å². The Morgan fingerprint density at radius 1 is 1.59 bits per heavy atom. The molecule has 2 heterocycles. The van der Waals surface area contributed by atoms with Gasteiger partial charge in [0.05, 0.1) is 30.4 Å². The molecule has 0 saturated carbocycles. The molecule has 0 atom stereocenters. The summed E-state index contributed by atoms with van der Waals surface area (Å²) in [6, 6.07) is 3.61. The first kappa shape index (κ1) is 11.5. The van der Waals surface area contributed by atoms with E-state index in [1.54, 1.807) is 29.3 Å². The minimum Gasteiger partial charge on any atom is -0.491 e. The van der Waals surface area contributed by atoms with Gasteiger partial charge in [0, 0.05) is 6.20 Å². The lowest BCUT2D eigenvalue weighted by molar-refractivity contribution is 0.340. The molecule has 0 fully saturated rings. The van der Waals surface area contributed by atoms with Crippen molar-refractivity contribution in [3.05, 3.63) is 36.4 Å². The normalized spacial score (nSPS) is 10.2. The molecule has 0 spiro atoms. The van der Waals surface area contributed by atoms with Crippen molar-refractivity contribution in [2.24, 2.45) is 5.73 Å². The van der Waals surface area contributed by atoms with Gasteiger partial charge in [-0.15, -0.1) is 0 Å². The lowest BCUT2D eigenvalue weighted by Gasteiger charge is -2.03. The van der Waals surface area contributed by atoms with Crippen molar-refractivity contribution >= 4 is 17.2 Å². The van der Waals surface area contributed by atoms with Crippen LogP contribution in [0.1, 0.15) is 12.6 Å². The summed E-state index contributed by atoms with van der Waals surface area (Å²) in [6.07, 6.45) is 5.10. The molecule has 0 aliphatic rings. The van der Waals surface area contributed by atoms with Crippen LogP contribution in [0, 0.1) is 0 Å². The number of hydrogen-bond donors (Lipinski definition) is 1. The van der Waals surface area contributed by atoms with E-state index in [-0.39, 0.29) is 4.99 Å². The average Bonchev–Trinajstić information content (AvgIpc) is 2.78. The van der Waals surface area contributed by atoms with Gasteiger partial charge in [0.2, 0.25) is 0 Å². The summed E-state index contributed by atoms with van der Waals surface area (Å²) < 4.78 is 7.03. The van der Waals surface area contributed by atoms with E-state index in [0.29, 0.717) is 12.3 Å². The molecule has 0 aliphatic carbocycles. The zero-order valence-corrected chi connectivity index (χ0v) is 10.1. The molecule has 88 valence electrons. The predicted octanol–water partition coefficient (Wildman–Crippen LogP) is 1.30. The van der Waals surface area contributed by atoms with Crippen molar-refractivity contribution < 1.29 is 4.74 Å². The van der Waals surface area contributed by atoms with E-state index in [2.05, 4.69) is 10.1 Å². The second-order valence-corrected chi connectivity index (χ2v) is 3.76. The second kappa shape index (κ2) is 4.92. The third kappa shape index (κ3) is 2.59. The SMILES string of the molecule is CCOc1cnn(-c2ccnc(C(N)=S)c2)c1. The summed E-state index contributed by atoms with van der Waals surface area (Å²) in [5.41, 5.74) is 6.94. The maximum atomic E-state index is 5.53. The van der Waals surface area contributed by atoms with Crippen molar-refractivity contribution in [2.75, 3.05) is 6.61 Å². The van der Waals surface area contributed by atoms with Gasteiger partial charge in [-0.25, -0.2) is 4.68 Å². The third-order valence-corrected chi connectivity index (χ3v) is 2.34. The molecule has 0 aromatic carbocycles. The van der Waals surface area contributed by atoms with Gasteiger partial charge >= 0.3 is 0 Å². The van der Waals surface area contributed by atoms with E-state index in [1.165, 1.54) is 0 Å². The first-order chi connectivity index (χ1) is 8.20. The number of nitrogens with two attached hydrogens (primary N) is 1. The molecule has 2 rings (SSSR count). The van der Waals surface area contributed by atoms with Crippen LogP contribution < -0.4 is 10.5 Å². The summed E-state index contributed by atoms with van der Waals surface area (Å²) in [5, 5.41) is 4.19. The van der Waals surface area contributed by atoms with Gasteiger partial charge in [-0.1, -0.05) is 12.2 Å². The highest BCUT2D eigenvalue weighted by Crippen LogP contribution is 2.13. The monoisotopic (exact) mass is 248 g/mol. The van der Waals surface area contributed by atoms with Gasteiger partial charge in [-0.2, -0.15) is 5.10 Å². The molecule has 0 radical (unpaired) electrons. The molecule has 6 heteroatoms. The van der Waals surface area contributed by atoms with Gasteiger partial charge in [-0.3, -0.25) is 4.98 Å². The lowest BCUT2D eigenvalue weighted by atomic mass is 10.3. The number of nitrogens with zero attached hydrogens (tertiary/aromatic N) is 3. The second-order valence-electron chi connectivity index (χ2n) is 3.32. The molecular weight excluding hydrogens is 236 g/mol. The molecule has 2 N–H and O–H groups in total. The summed E-state index contributed by atoms with van der Waals surface area (Å²) >= 11 is 4.88. The van der Waals surface area contributed by atoms with Crippen LogP contribution in [0.2, 0.25) is 0 Å². The summed E-state index contributed by atoms with van der Waals surface area (Å²) in [6.45, 7) is 2.54. The van der Waals surface area contributed by atoms with Gasteiger partial charge < -0.3 is 10.5 Å². The Hall–Kier alpha value is -1.95. The fourth-order valence-corrected chi connectivity index (χ4v) is 1.50. The minimum absolute atomic E-state index is 0.268. The van der Waals surface area contributed by atoms with Crippen LogP contribution >= 0.6 is 12.2 Å². The minimum atomic E-state index is 0.268. The Balaban J connectivity index is 2.32. The fraction of sp³-hybridized carbons (Fsp3) is 0.182. The van der Waals surface area contributed by atoms with Gasteiger partial charge in [0.1, 0.15) is 4.99 Å². The van der Waals surface area contributed by atoms with Crippen LogP contribution in [0.5, 0.6) is 5.75 Å². The summed E-state index contributed by atoms with van der Waals surface area (Å²) in [4.78, 5) is 4.34. The Morgan fingerprint density at radius 3 is 3.12 bits per heavy atom. The zero-order valence-electron chi connectivity index (χ0n) is 9.33. The molecule has 0 bridgehead atoms. The Morgan fingerprint density at radius 2 is 2.41 bits per heavy atom. The van der Waals surface area contributed by atoms with E-state index >= 15 is 0 Å². The Bertz CT molecular complexity index is 538. The Kier molecular flexibility index (Phi) is 3.34. The molecule has 2 aromatic rings. The van der Waals surface area contributed by atoms with Crippen LogP contribution in [0.3, 0.4) is 0 Å². The van der Waals surface area contributed by atoms with Crippen molar-refractivity contribution in [3.8, 4) is 11.4 Å². The highest BCUT2D eigenvalue weighted by Gasteiger charge is 2.04. The van der Waals surface area contributed by atoms with Crippen LogP contribution in [0.15, 0.2) is 30.7 Å². The number of pyridine rings is 1. The molecule has 0 amide bonds. The van der Waals surface area contributed by atoms with Gasteiger partial charge in [0.25, 0.3) is 0 Å². The quantitative estimate of drug-likeness (QED) is 0.826. The van der Waals surface area contributed by atoms with Crippen molar-refractivity contribution in [1.29, 1.82) is 0 Å². The topological polar surface area (TPSA) is 66.0 Å². The number of hydrogen-bond acceptors (Lipinski definition) is 4. The molecule has 0 unspecified atom stereocenters. The number of thiocarbonyl (C=S) groups is 1. The average molecular weight is 248 g/mol. The maximum Gasteiger partial charge on any atom is 0.157 e. The molecule has 2 aromatic heterocycles. The van der Waals surface area contributed by atoms with Crippen molar-refractivity contribution in [2.45, 2.75) is 6.92 Å². The highest BCUT2D eigenvalue weighted by molar-refractivity contribution is 7.80. The zero-order chi connectivity index (χ0) is 12.3. The van der Waals surface area contributed by atoms with Crippen molar-refractivity contribution in [3.63, 3.8) is 0 Å². The van der Waals surface area contributed by atoms with Crippen molar-refractivity contribution in [1.82, 2.24) is 14.8 Å². The van der Waals surface area contributed by atoms with E-state index in [1.807, 2.05) is 13.0 Å². The standard InChI is InChI=1S/C11H12N4OS/c1-2-16-9-6-14-15(7-9)8-3-4-13-10(5-8)11(12)17/h3-7H,2H2,1H3,(H2,12,17). The lowest BCUT2D eigenvalue weighted by Crippen LogP contribution is -2.12. The van der Waals surface area contributed by atoms with Crippen LogP contribution in [-0.4, -0.2) is 26.4 Å². The molecule has 5 nitrogen and oxygen atoms in total. The molecule has 0 aliphatic heterocycles. The van der Waals surface area contributed by atoms with Crippen LogP contribution in [-0.2, 0) is 0 Å².